The van der Waals surface area contributed by atoms with Crippen LogP contribution in [0.4, 0.5) is 11.4 Å². The van der Waals surface area contributed by atoms with E-state index >= 15 is 0 Å². The van der Waals surface area contributed by atoms with Crippen molar-refractivity contribution in [2.45, 2.75) is 0 Å². The number of methoxy groups -OCH3 is 1. The van der Waals surface area contributed by atoms with E-state index in [4.69, 9.17) is 34.3 Å². The van der Waals surface area contributed by atoms with Crippen LogP contribution in [0.2, 0.25) is 5.02 Å². The zero-order valence-corrected chi connectivity index (χ0v) is 13.8. The van der Waals surface area contributed by atoms with Crippen LogP contribution in [-0.2, 0) is 0 Å². The van der Waals surface area contributed by atoms with Gasteiger partial charge in [0.05, 0.1) is 12.1 Å². The molecule has 2 rings (SSSR count). The number of anilines is 2. The largest absolute Gasteiger partial charge is 0.495 e. The minimum Gasteiger partial charge on any atom is -0.495 e. The molecule has 20 heavy (non-hydrogen) atoms. The van der Waals surface area contributed by atoms with Crippen molar-refractivity contribution in [1.82, 2.24) is 0 Å². The monoisotopic (exact) mass is 370 g/mol. The van der Waals surface area contributed by atoms with Gasteiger partial charge in [-0.05, 0) is 30.3 Å². The van der Waals surface area contributed by atoms with Crippen molar-refractivity contribution in [2.75, 3.05) is 12.4 Å². The Kier molecular flexibility index (Phi) is 4.86. The van der Waals surface area contributed by atoms with E-state index in [2.05, 4.69) is 21.2 Å². The number of rotatable bonds is 4. The normalized spacial score (nSPS) is 10.2. The highest BCUT2D eigenvalue weighted by molar-refractivity contribution is 9.10. The van der Waals surface area contributed by atoms with Crippen molar-refractivity contribution in [2.24, 2.45) is 5.73 Å². The first-order valence-corrected chi connectivity index (χ1v) is 7.29. The lowest BCUT2D eigenvalue weighted by Crippen LogP contribution is -2.11. The Morgan fingerprint density at radius 2 is 2.05 bits per heavy atom. The maximum absolute atomic E-state index is 6.01. The summed E-state index contributed by atoms with van der Waals surface area (Å²) in [4.78, 5) is 0.334. The highest BCUT2D eigenvalue weighted by Gasteiger charge is 2.08. The van der Waals surface area contributed by atoms with Crippen molar-refractivity contribution in [1.29, 1.82) is 0 Å². The van der Waals surface area contributed by atoms with Gasteiger partial charge in [0.25, 0.3) is 0 Å². The first kappa shape index (κ1) is 15.1. The third kappa shape index (κ3) is 3.42. The summed E-state index contributed by atoms with van der Waals surface area (Å²) in [5.41, 5.74) is 8.15. The van der Waals surface area contributed by atoms with Crippen LogP contribution in [0.25, 0.3) is 0 Å². The van der Waals surface area contributed by atoms with Crippen LogP contribution in [0.1, 0.15) is 5.56 Å². The molecule has 0 bridgehead atoms. The second-order valence-corrected chi connectivity index (χ2v) is 5.79. The number of halogens is 2. The second kappa shape index (κ2) is 6.43. The predicted octanol–water partition coefficient (Wildman–Crippen LogP) is 4.49. The van der Waals surface area contributed by atoms with Crippen LogP contribution in [0.15, 0.2) is 40.9 Å². The summed E-state index contributed by atoms with van der Waals surface area (Å²) in [7, 11) is 1.57. The quantitative estimate of drug-likeness (QED) is 0.777. The summed E-state index contributed by atoms with van der Waals surface area (Å²) in [5.74, 6) is 0.600. The topological polar surface area (TPSA) is 47.3 Å². The van der Waals surface area contributed by atoms with Gasteiger partial charge in [0.15, 0.2) is 0 Å². The van der Waals surface area contributed by atoms with Gasteiger partial charge in [0, 0.05) is 27.5 Å². The number of hydrogen-bond donors (Lipinski definition) is 2. The SMILES string of the molecule is COc1cc(Nc2cc(Br)ccc2C(N)=S)ccc1Cl. The third-order valence-corrected chi connectivity index (χ3v) is 3.70. The van der Waals surface area contributed by atoms with Gasteiger partial charge in [0.2, 0.25) is 0 Å². The lowest BCUT2D eigenvalue weighted by Gasteiger charge is -2.13. The van der Waals surface area contributed by atoms with E-state index < -0.39 is 0 Å². The number of nitrogens with two attached hydrogens (primary N) is 1. The van der Waals surface area contributed by atoms with Gasteiger partial charge in [0.1, 0.15) is 10.7 Å². The van der Waals surface area contributed by atoms with Crippen LogP contribution >= 0.6 is 39.7 Å². The van der Waals surface area contributed by atoms with E-state index in [0.29, 0.717) is 15.8 Å². The minimum absolute atomic E-state index is 0.334. The standard InChI is InChI=1S/C14H12BrClN2OS/c1-19-13-7-9(3-5-11(13)16)18-12-6-8(15)2-4-10(12)14(17)20/h2-7,18H,1H3,(H2,17,20). The Morgan fingerprint density at radius 3 is 2.70 bits per heavy atom. The fourth-order valence-corrected chi connectivity index (χ4v) is 2.46. The van der Waals surface area contributed by atoms with Gasteiger partial charge < -0.3 is 15.8 Å². The highest BCUT2D eigenvalue weighted by atomic mass is 79.9. The molecule has 0 amide bonds. The van der Waals surface area contributed by atoms with Crippen LogP contribution in [0.3, 0.4) is 0 Å². The zero-order valence-electron chi connectivity index (χ0n) is 10.6. The van der Waals surface area contributed by atoms with Crippen molar-refractivity contribution in [3.63, 3.8) is 0 Å². The molecule has 3 nitrogen and oxygen atoms in total. The molecule has 2 aromatic rings. The maximum Gasteiger partial charge on any atom is 0.139 e. The fourth-order valence-electron chi connectivity index (χ4n) is 1.73. The molecule has 0 saturated carbocycles. The molecule has 6 heteroatoms. The molecule has 0 aliphatic rings. The van der Waals surface area contributed by atoms with Gasteiger partial charge in [-0.25, -0.2) is 0 Å². The molecule has 0 atom stereocenters. The van der Waals surface area contributed by atoms with Gasteiger partial charge in [-0.3, -0.25) is 0 Å². The first-order valence-electron chi connectivity index (χ1n) is 5.71. The van der Waals surface area contributed by atoms with Crippen molar-refractivity contribution in [3.8, 4) is 5.75 Å². The summed E-state index contributed by atoms with van der Waals surface area (Å²) in [5, 5.41) is 3.82. The fraction of sp³-hybridized carbons (Fsp3) is 0.0714. The van der Waals surface area contributed by atoms with Crippen molar-refractivity contribution >= 4 is 56.1 Å². The molecule has 3 N–H and O–H groups in total. The average molecular weight is 372 g/mol. The molecule has 0 heterocycles. The van der Waals surface area contributed by atoms with Crippen LogP contribution < -0.4 is 15.8 Å². The van der Waals surface area contributed by atoms with Crippen LogP contribution in [0.5, 0.6) is 5.75 Å². The molecule has 0 saturated heterocycles. The van der Waals surface area contributed by atoms with E-state index in [0.717, 1.165) is 21.4 Å². The lowest BCUT2D eigenvalue weighted by atomic mass is 10.1. The molecule has 0 spiro atoms. The smallest absolute Gasteiger partial charge is 0.139 e. The summed E-state index contributed by atoms with van der Waals surface area (Å²) in [6.45, 7) is 0. The summed E-state index contributed by atoms with van der Waals surface area (Å²) < 4.78 is 6.12. The predicted molar refractivity (Wildman–Crippen MR) is 91.3 cm³/mol. The molecule has 0 aromatic heterocycles. The number of hydrogen-bond acceptors (Lipinski definition) is 3. The van der Waals surface area contributed by atoms with E-state index in [-0.39, 0.29) is 0 Å². The van der Waals surface area contributed by atoms with Gasteiger partial charge in [-0.2, -0.15) is 0 Å². The van der Waals surface area contributed by atoms with E-state index in [1.165, 1.54) is 0 Å². The Bertz CT molecular complexity index is 664. The van der Waals surface area contributed by atoms with E-state index in [1.54, 1.807) is 13.2 Å². The summed E-state index contributed by atoms with van der Waals surface area (Å²) in [6.07, 6.45) is 0. The Balaban J connectivity index is 2.39. The molecular formula is C14H12BrClN2OS. The molecule has 2 aromatic carbocycles. The van der Waals surface area contributed by atoms with Crippen LogP contribution in [-0.4, -0.2) is 12.1 Å². The van der Waals surface area contributed by atoms with Gasteiger partial charge >= 0.3 is 0 Å². The lowest BCUT2D eigenvalue weighted by molar-refractivity contribution is 0.415. The third-order valence-electron chi connectivity index (χ3n) is 2.68. The van der Waals surface area contributed by atoms with Crippen LogP contribution in [0, 0.1) is 0 Å². The summed E-state index contributed by atoms with van der Waals surface area (Å²) >= 11 is 14.5. The number of ether oxygens (including phenoxy) is 1. The summed E-state index contributed by atoms with van der Waals surface area (Å²) in [6, 6.07) is 11.1. The number of thiocarbonyl (C=S) groups is 1. The highest BCUT2D eigenvalue weighted by Crippen LogP contribution is 2.31. The molecule has 0 unspecified atom stereocenters. The Hall–Kier alpha value is -1.30. The molecule has 0 aliphatic carbocycles. The number of benzene rings is 2. The Morgan fingerprint density at radius 1 is 1.30 bits per heavy atom. The van der Waals surface area contributed by atoms with E-state index in [1.807, 2.05) is 30.3 Å². The first-order chi connectivity index (χ1) is 9.51. The molecular weight excluding hydrogens is 360 g/mol. The molecule has 0 fully saturated rings. The minimum atomic E-state index is 0.334. The zero-order chi connectivity index (χ0) is 14.7. The maximum atomic E-state index is 6.01. The second-order valence-electron chi connectivity index (χ2n) is 4.03. The van der Waals surface area contributed by atoms with Crippen molar-refractivity contribution in [3.05, 3.63) is 51.5 Å². The Labute approximate surface area is 136 Å². The van der Waals surface area contributed by atoms with E-state index in [9.17, 15) is 0 Å². The molecule has 0 aliphatic heterocycles. The molecule has 104 valence electrons. The molecule has 0 radical (unpaired) electrons. The average Bonchev–Trinajstić information content (AvgIpc) is 2.40. The van der Waals surface area contributed by atoms with Gasteiger partial charge in [-0.1, -0.05) is 39.7 Å². The number of nitrogens with one attached hydrogen (secondary N) is 1. The van der Waals surface area contributed by atoms with Crippen molar-refractivity contribution < 1.29 is 4.74 Å². The van der Waals surface area contributed by atoms with Gasteiger partial charge in [-0.15, -0.1) is 0 Å².